The van der Waals surface area contributed by atoms with E-state index in [1.165, 1.54) is 0 Å². The Balaban J connectivity index is 2.62. The van der Waals surface area contributed by atoms with Crippen LogP contribution >= 0.6 is 0 Å². The van der Waals surface area contributed by atoms with Gasteiger partial charge in [0.1, 0.15) is 5.82 Å². The predicted molar refractivity (Wildman–Crippen MR) is 45.3 cm³/mol. The highest BCUT2D eigenvalue weighted by Gasteiger charge is 1.98. The third-order valence-corrected chi connectivity index (χ3v) is 1.65. The topological polar surface area (TPSA) is 43.8 Å². The van der Waals surface area contributed by atoms with E-state index < -0.39 is 0 Å². The smallest absolute Gasteiger partial charge is 0.108 e. The third kappa shape index (κ3) is 2.05. The van der Waals surface area contributed by atoms with Crippen LogP contribution in [0.25, 0.3) is 0 Å². The minimum atomic E-state index is 0.688. The van der Waals surface area contributed by atoms with Gasteiger partial charge in [0, 0.05) is 31.9 Å². The molecule has 2 N–H and O–H groups in total. The van der Waals surface area contributed by atoms with Crippen LogP contribution in [0, 0.1) is 0 Å². The van der Waals surface area contributed by atoms with Crippen molar-refractivity contribution in [3.8, 4) is 0 Å². The lowest BCUT2D eigenvalue weighted by molar-refractivity contribution is 0.651. The third-order valence-electron chi connectivity index (χ3n) is 1.65. The molecule has 1 heterocycles. The number of imidazole rings is 1. The SMILES string of the molecule is CCCc1nccn1CCN. The second-order valence-electron chi connectivity index (χ2n) is 2.58. The molecular weight excluding hydrogens is 138 g/mol. The average Bonchev–Trinajstić information content (AvgIpc) is 2.39. The van der Waals surface area contributed by atoms with Crippen molar-refractivity contribution in [3.63, 3.8) is 0 Å². The van der Waals surface area contributed by atoms with Crippen LogP contribution in [0.3, 0.4) is 0 Å². The summed E-state index contributed by atoms with van der Waals surface area (Å²) in [5, 5.41) is 0. The van der Waals surface area contributed by atoms with Gasteiger partial charge >= 0.3 is 0 Å². The molecule has 1 aromatic heterocycles. The number of rotatable bonds is 4. The summed E-state index contributed by atoms with van der Waals surface area (Å²) in [7, 11) is 0. The van der Waals surface area contributed by atoms with E-state index in [4.69, 9.17) is 5.73 Å². The summed E-state index contributed by atoms with van der Waals surface area (Å²) in [6.07, 6.45) is 6.01. The van der Waals surface area contributed by atoms with E-state index in [1.807, 2.05) is 12.4 Å². The molecule has 3 nitrogen and oxygen atoms in total. The Kier molecular flexibility index (Phi) is 3.11. The fourth-order valence-corrected chi connectivity index (χ4v) is 1.13. The van der Waals surface area contributed by atoms with Crippen LogP contribution < -0.4 is 5.73 Å². The summed E-state index contributed by atoms with van der Waals surface area (Å²) in [5.74, 6) is 1.15. The van der Waals surface area contributed by atoms with Gasteiger partial charge in [0.05, 0.1) is 0 Å². The standard InChI is InChI=1S/C8H15N3/c1-2-3-8-10-5-7-11(8)6-4-9/h5,7H,2-4,6,9H2,1H3. The van der Waals surface area contributed by atoms with Gasteiger partial charge in [0.25, 0.3) is 0 Å². The van der Waals surface area contributed by atoms with Crippen molar-refractivity contribution in [1.29, 1.82) is 0 Å². The van der Waals surface area contributed by atoms with Gasteiger partial charge in [-0.25, -0.2) is 4.98 Å². The first kappa shape index (κ1) is 8.27. The molecular formula is C8H15N3. The first-order chi connectivity index (χ1) is 5.38. The molecule has 1 rings (SSSR count). The number of nitrogens with zero attached hydrogens (tertiary/aromatic N) is 2. The van der Waals surface area contributed by atoms with Crippen LogP contribution in [0.2, 0.25) is 0 Å². The van der Waals surface area contributed by atoms with Crippen LogP contribution in [0.5, 0.6) is 0 Å². The second-order valence-corrected chi connectivity index (χ2v) is 2.58. The summed E-state index contributed by atoms with van der Waals surface area (Å²) in [6.45, 7) is 3.73. The minimum Gasteiger partial charge on any atom is -0.334 e. The highest BCUT2D eigenvalue weighted by Crippen LogP contribution is 1.99. The highest BCUT2D eigenvalue weighted by atomic mass is 15.1. The molecule has 0 bridgehead atoms. The fraction of sp³-hybridized carbons (Fsp3) is 0.625. The van der Waals surface area contributed by atoms with Gasteiger partial charge in [-0.05, 0) is 6.42 Å². The van der Waals surface area contributed by atoms with Gasteiger partial charge in [-0.15, -0.1) is 0 Å². The summed E-state index contributed by atoms with van der Waals surface area (Å²) < 4.78 is 2.11. The monoisotopic (exact) mass is 153 g/mol. The maximum Gasteiger partial charge on any atom is 0.108 e. The molecule has 0 aromatic carbocycles. The summed E-state index contributed by atoms with van der Waals surface area (Å²) in [5.41, 5.74) is 5.44. The van der Waals surface area contributed by atoms with Crippen LogP contribution in [0.1, 0.15) is 19.2 Å². The van der Waals surface area contributed by atoms with E-state index >= 15 is 0 Å². The van der Waals surface area contributed by atoms with Crippen LogP contribution in [-0.4, -0.2) is 16.1 Å². The lowest BCUT2D eigenvalue weighted by atomic mass is 10.3. The predicted octanol–water partition coefficient (Wildman–Crippen LogP) is 0.794. The van der Waals surface area contributed by atoms with Gasteiger partial charge in [-0.2, -0.15) is 0 Å². The van der Waals surface area contributed by atoms with Crippen molar-refractivity contribution < 1.29 is 0 Å². The van der Waals surface area contributed by atoms with Gasteiger partial charge in [-0.3, -0.25) is 0 Å². The molecule has 11 heavy (non-hydrogen) atoms. The lowest BCUT2D eigenvalue weighted by Gasteiger charge is -2.03. The molecule has 0 spiro atoms. The molecule has 0 atom stereocenters. The average molecular weight is 153 g/mol. The Morgan fingerprint density at radius 2 is 2.45 bits per heavy atom. The number of aromatic nitrogens is 2. The normalized spacial score (nSPS) is 10.4. The minimum absolute atomic E-state index is 0.688. The quantitative estimate of drug-likeness (QED) is 0.695. The molecule has 0 saturated carbocycles. The van der Waals surface area contributed by atoms with E-state index in [0.717, 1.165) is 25.2 Å². The summed E-state index contributed by atoms with van der Waals surface area (Å²) >= 11 is 0. The Morgan fingerprint density at radius 1 is 1.64 bits per heavy atom. The summed E-state index contributed by atoms with van der Waals surface area (Å²) in [6, 6.07) is 0. The lowest BCUT2D eigenvalue weighted by Crippen LogP contribution is -2.11. The number of hydrogen-bond acceptors (Lipinski definition) is 2. The van der Waals surface area contributed by atoms with E-state index in [9.17, 15) is 0 Å². The Labute approximate surface area is 67.2 Å². The van der Waals surface area contributed by atoms with E-state index in [1.54, 1.807) is 0 Å². The first-order valence-corrected chi connectivity index (χ1v) is 4.08. The zero-order valence-corrected chi connectivity index (χ0v) is 6.95. The van der Waals surface area contributed by atoms with E-state index in [0.29, 0.717) is 6.54 Å². The van der Waals surface area contributed by atoms with Gasteiger partial charge < -0.3 is 10.3 Å². The van der Waals surface area contributed by atoms with Crippen LogP contribution in [-0.2, 0) is 13.0 Å². The molecule has 0 aliphatic carbocycles. The van der Waals surface area contributed by atoms with E-state index in [2.05, 4.69) is 16.5 Å². The van der Waals surface area contributed by atoms with Crippen molar-refractivity contribution in [1.82, 2.24) is 9.55 Å². The zero-order valence-electron chi connectivity index (χ0n) is 6.95. The maximum atomic E-state index is 5.44. The molecule has 1 aromatic rings. The van der Waals surface area contributed by atoms with E-state index in [-0.39, 0.29) is 0 Å². The van der Waals surface area contributed by atoms with Crippen LogP contribution in [0.4, 0.5) is 0 Å². The number of hydrogen-bond donors (Lipinski definition) is 1. The summed E-state index contributed by atoms with van der Waals surface area (Å²) in [4.78, 5) is 4.23. The maximum absolute atomic E-state index is 5.44. The molecule has 3 heteroatoms. The molecule has 0 radical (unpaired) electrons. The Bertz CT molecular complexity index is 184. The molecule has 0 saturated heterocycles. The van der Waals surface area contributed by atoms with Crippen LogP contribution in [0.15, 0.2) is 12.4 Å². The van der Waals surface area contributed by atoms with Crippen molar-refractivity contribution >= 4 is 0 Å². The molecule has 0 aliphatic heterocycles. The largest absolute Gasteiger partial charge is 0.334 e. The first-order valence-electron chi connectivity index (χ1n) is 4.08. The van der Waals surface area contributed by atoms with Gasteiger partial charge in [0.2, 0.25) is 0 Å². The van der Waals surface area contributed by atoms with Gasteiger partial charge in [0.15, 0.2) is 0 Å². The highest BCUT2D eigenvalue weighted by molar-refractivity contribution is 4.92. The fourth-order valence-electron chi connectivity index (χ4n) is 1.13. The molecule has 0 amide bonds. The number of aryl methyl sites for hydroxylation is 1. The van der Waals surface area contributed by atoms with Crippen molar-refractivity contribution in [2.24, 2.45) is 5.73 Å². The second kappa shape index (κ2) is 4.13. The Morgan fingerprint density at radius 3 is 3.09 bits per heavy atom. The Hall–Kier alpha value is -0.830. The van der Waals surface area contributed by atoms with Crippen molar-refractivity contribution in [3.05, 3.63) is 18.2 Å². The van der Waals surface area contributed by atoms with Crippen molar-refractivity contribution in [2.75, 3.05) is 6.54 Å². The zero-order chi connectivity index (χ0) is 8.10. The molecule has 62 valence electrons. The van der Waals surface area contributed by atoms with Crippen molar-refractivity contribution in [2.45, 2.75) is 26.3 Å². The number of nitrogens with two attached hydrogens (primary N) is 1. The molecule has 0 unspecified atom stereocenters. The molecule has 0 aliphatic rings. The molecule has 0 fully saturated rings. The van der Waals surface area contributed by atoms with Gasteiger partial charge in [-0.1, -0.05) is 6.92 Å².